The van der Waals surface area contributed by atoms with Crippen molar-refractivity contribution in [2.45, 2.75) is 175 Å². The quantitative estimate of drug-likeness (QED) is 0.0282. The SMILES string of the molecule is C=COC(C)=O.CCCCCCCCCCCCCCOC(=O)/C=C/C(=O)OCCCCCCCCCCCCCC. The van der Waals surface area contributed by atoms with Gasteiger partial charge in [0.25, 0.3) is 0 Å². The summed E-state index contributed by atoms with van der Waals surface area (Å²) in [6, 6.07) is 0. The molecule has 0 rings (SSSR count). The molecule has 0 fully saturated rings. The molecule has 0 spiro atoms. The van der Waals surface area contributed by atoms with Crippen molar-refractivity contribution in [2.75, 3.05) is 13.2 Å². The third-order valence-electron chi connectivity index (χ3n) is 7.09. The Morgan fingerprint density at radius 2 is 0.738 bits per heavy atom. The van der Waals surface area contributed by atoms with Gasteiger partial charge in [-0.15, -0.1) is 0 Å². The average molecular weight is 595 g/mol. The van der Waals surface area contributed by atoms with E-state index < -0.39 is 11.9 Å². The van der Waals surface area contributed by atoms with Crippen molar-refractivity contribution in [1.29, 1.82) is 0 Å². The summed E-state index contributed by atoms with van der Waals surface area (Å²) >= 11 is 0. The van der Waals surface area contributed by atoms with Crippen molar-refractivity contribution in [1.82, 2.24) is 0 Å². The van der Waals surface area contributed by atoms with Crippen LogP contribution in [0.25, 0.3) is 0 Å². The standard InChI is InChI=1S/C32H60O4.C4H6O2/c1-3-5-7-9-11-13-15-17-19-21-23-25-29-35-31(33)27-28-32(34)36-30-26-24-22-20-18-16-14-12-10-8-6-4-2;1-3-6-4(2)5/h27-28H,3-26,29-30H2,1-2H3;3H,1H2,2H3/b28-27+;. The Morgan fingerprint density at radius 3 is 0.952 bits per heavy atom. The maximum atomic E-state index is 11.7. The summed E-state index contributed by atoms with van der Waals surface area (Å²) in [6.45, 7) is 9.85. The number of hydrogen-bond acceptors (Lipinski definition) is 6. The minimum Gasteiger partial charge on any atom is -0.463 e. The van der Waals surface area contributed by atoms with Gasteiger partial charge < -0.3 is 14.2 Å². The average Bonchev–Trinajstić information content (AvgIpc) is 2.97. The van der Waals surface area contributed by atoms with Crippen LogP contribution in [0.5, 0.6) is 0 Å². The van der Waals surface area contributed by atoms with E-state index in [9.17, 15) is 14.4 Å². The molecule has 0 aromatic heterocycles. The number of carbonyl (C=O) groups excluding carboxylic acids is 3. The van der Waals surface area contributed by atoms with Crippen LogP contribution >= 0.6 is 0 Å². The molecule has 0 aromatic rings. The van der Waals surface area contributed by atoms with Crippen LogP contribution in [0, 0.1) is 0 Å². The fraction of sp³-hybridized carbons (Fsp3) is 0.806. The third kappa shape index (κ3) is 40.0. The van der Waals surface area contributed by atoms with Gasteiger partial charge in [-0.1, -0.05) is 162 Å². The molecule has 6 heteroatoms. The smallest absolute Gasteiger partial charge is 0.331 e. The van der Waals surface area contributed by atoms with E-state index in [1.54, 1.807) is 0 Å². The zero-order chi connectivity index (χ0) is 31.4. The van der Waals surface area contributed by atoms with Gasteiger partial charge in [-0.05, 0) is 12.8 Å². The highest BCUT2D eigenvalue weighted by molar-refractivity contribution is 5.91. The molecular formula is C36H66O6. The Bertz CT molecular complexity index is 599. The number of hydrogen-bond donors (Lipinski definition) is 0. The highest BCUT2D eigenvalue weighted by atomic mass is 16.5. The Hall–Kier alpha value is -2.11. The molecule has 0 unspecified atom stereocenters. The Labute approximate surface area is 259 Å². The van der Waals surface area contributed by atoms with Gasteiger partial charge in [0.1, 0.15) is 0 Å². The van der Waals surface area contributed by atoms with Gasteiger partial charge in [0, 0.05) is 19.1 Å². The van der Waals surface area contributed by atoms with Gasteiger partial charge >= 0.3 is 17.9 Å². The molecular weight excluding hydrogens is 528 g/mol. The zero-order valence-electron chi connectivity index (χ0n) is 27.8. The van der Waals surface area contributed by atoms with E-state index in [0.29, 0.717) is 13.2 Å². The molecule has 0 aromatic carbocycles. The Balaban J connectivity index is 0. The summed E-state index contributed by atoms with van der Waals surface area (Å²) < 4.78 is 14.5. The number of ether oxygens (including phenoxy) is 3. The fourth-order valence-corrected chi connectivity index (χ4v) is 4.58. The molecule has 42 heavy (non-hydrogen) atoms. The van der Waals surface area contributed by atoms with E-state index in [0.717, 1.165) is 31.9 Å². The summed E-state index contributed by atoms with van der Waals surface area (Å²) in [5.41, 5.74) is 0. The van der Waals surface area contributed by atoms with Gasteiger partial charge in [0.2, 0.25) is 0 Å². The second kappa shape index (κ2) is 36.9. The van der Waals surface area contributed by atoms with Crippen molar-refractivity contribution in [3.05, 3.63) is 25.0 Å². The van der Waals surface area contributed by atoms with Gasteiger partial charge in [-0.2, -0.15) is 0 Å². The second-order valence-corrected chi connectivity index (χ2v) is 11.2. The van der Waals surface area contributed by atoms with Crippen molar-refractivity contribution in [3.63, 3.8) is 0 Å². The number of esters is 3. The molecule has 0 radical (unpaired) electrons. The molecule has 0 atom stereocenters. The predicted molar refractivity (Wildman–Crippen MR) is 175 cm³/mol. The minimum absolute atomic E-state index is 0.329. The van der Waals surface area contributed by atoms with Crippen molar-refractivity contribution < 1.29 is 28.6 Å². The lowest BCUT2D eigenvalue weighted by Gasteiger charge is -2.04. The highest BCUT2D eigenvalue weighted by Gasteiger charge is 2.02. The van der Waals surface area contributed by atoms with Crippen molar-refractivity contribution >= 4 is 17.9 Å². The van der Waals surface area contributed by atoms with Crippen LogP contribution in [0.3, 0.4) is 0 Å². The van der Waals surface area contributed by atoms with Gasteiger partial charge in [0.05, 0.1) is 19.5 Å². The second-order valence-electron chi connectivity index (χ2n) is 11.2. The van der Waals surface area contributed by atoms with Crippen LogP contribution < -0.4 is 0 Å². The molecule has 0 saturated heterocycles. The predicted octanol–water partition coefficient (Wildman–Crippen LogP) is 10.7. The summed E-state index contributed by atoms with van der Waals surface area (Å²) in [5.74, 6) is -1.24. The lowest BCUT2D eigenvalue weighted by Crippen LogP contribution is -2.06. The van der Waals surface area contributed by atoms with Crippen LogP contribution in [0.15, 0.2) is 25.0 Å². The van der Waals surface area contributed by atoms with E-state index in [4.69, 9.17) is 9.47 Å². The molecule has 0 aliphatic rings. The van der Waals surface area contributed by atoms with E-state index in [-0.39, 0.29) is 5.97 Å². The normalized spacial score (nSPS) is 10.6. The summed E-state index contributed by atoms with van der Waals surface area (Å²) in [7, 11) is 0. The largest absolute Gasteiger partial charge is 0.463 e. The van der Waals surface area contributed by atoms with Crippen LogP contribution in [0.4, 0.5) is 0 Å². The highest BCUT2D eigenvalue weighted by Crippen LogP contribution is 2.13. The zero-order valence-corrected chi connectivity index (χ0v) is 27.8. The van der Waals surface area contributed by atoms with E-state index >= 15 is 0 Å². The third-order valence-corrected chi connectivity index (χ3v) is 7.09. The molecule has 0 bridgehead atoms. The molecule has 0 saturated carbocycles. The van der Waals surface area contributed by atoms with Crippen molar-refractivity contribution in [3.8, 4) is 0 Å². The number of unbranched alkanes of at least 4 members (excludes halogenated alkanes) is 22. The van der Waals surface area contributed by atoms with Gasteiger partial charge in [0.15, 0.2) is 0 Å². The molecule has 0 amide bonds. The first kappa shape index (κ1) is 42.0. The Morgan fingerprint density at radius 1 is 0.476 bits per heavy atom. The number of rotatable bonds is 29. The molecule has 6 nitrogen and oxygen atoms in total. The molecule has 0 N–H and O–H groups in total. The molecule has 0 aliphatic carbocycles. The van der Waals surface area contributed by atoms with Crippen LogP contribution in [0.1, 0.15) is 175 Å². The number of carbonyl (C=O) groups is 3. The molecule has 0 aliphatic heterocycles. The summed E-state index contributed by atoms with van der Waals surface area (Å²) in [5, 5.41) is 0. The van der Waals surface area contributed by atoms with E-state index in [1.165, 1.54) is 147 Å². The first-order valence-corrected chi connectivity index (χ1v) is 17.3. The van der Waals surface area contributed by atoms with Crippen LogP contribution in [-0.2, 0) is 28.6 Å². The van der Waals surface area contributed by atoms with E-state index in [2.05, 4.69) is 25.2 Å². The first-order chi connectivity index (χ1) is 20.5. The maximum absolute atomic E-state index is 11.7. The topological polar surface area (TPSA) is 78.9 Å². The van der Waals surface area contributed by atoms with Gasteiger partial charge in [-0.25, -0.2) is 9.59 Å². The fourth-order valence-electron chi connectivity index (χ4n) is 4.58. The van der Waals surface area contributed by atoms with Crippen LogP contribution in [-0.4, -0.2) is 31.1 Å². The maximum Gasteiger partial charge on any atom is 0.331 e. The lowest BCUT2D eigenvalue weighted by atomic mass is 10.1. The Kier molecular flexibility index (Phi) is 36.9. The lowest BCUT2D eigenvalue weighted by molar-refractivity contribution is -0.140. The summed E-state index contributed by atoms with van der Waals surface area (Å²) in [6.07, 6.45) is 34.2. The van der Waals surface area contributed by atoms with Gasteiger partial charge in [-0.3, -0.25) is 4.79 Å². The van der Waals surface area contributed by atoms with Crippen LogP contribution in [0.2, 0.25) is 0 Å². The first-order valence-electron chi connectivity index (χ1n) is 17.3. The van der Waals surface area contributed by atoms with E-state index in [1.807, 2.05) is 0 Å². The molecule has 246 valence electrons. The summed E-state index contributed by atoms with van der Waals surface area (Å²) in [4.78, 5) is 33.2. The van der Waals surface area contributed by atoms with Crippen molar-refractivity contribution in [2.24, 2.45) is 0 Å². The molecule has 0 heterocycles. The monoisotopic (exact) mass is 594 g/mol. The minimum atomic E-state index is -0.458.